The summed E-state index contributed by atoms with van der Waals surface area (Å²) in [6.45, 7) is 5.06. The van der Waals surface area contributed by atoms with Crippen LogP contribution in [-0.4, -0.2) is 23.0 Å². The van der Waals surface area contributed by atoms with E-state index >= 15 is 0 Å². The third-order valence-corrected chi connectivity index (χ3v) is 1.54. The Morgan fingerprint density at radius 3 is 2.00 bits per heavy atom. The van der Waals surface area contributed by atoms with E-state index in [0.717, 1.165) is 13.1 Å². The lowest BCUT2D eigenvalue weighted by Crippen LogP contribution is -2.35. The van der Waals surface area contributed by atoms with E-state index in [1.54, 1.807) is 0 Å². The van der Waals surface area contributed by atoms with Gasteiger partial charge < -0.3 is 0 Å². The van der Waals surface area contributed by atoms with Crippen LogP contribution in [-0.2, 0) is 0 Å². The number of rotatable bonds is 1. The van der Waals surface area contributed by atoms with Gasteiger partial charge in [-0.3, -0.25) is 16.0 Å². The second kappa shape index (κ2) is 6.75. The molecular formula is C7H15N3O2. The van der Waals surface area contributed by atoms with E-state index in [4.69, 9.17) is 16.0 Å². The smallest absolute Gasteiger partial charge is 0.227 e. The van der Waals surface area contributed by atoms with Crippen molar-refractivity contribution < 1.29 is 4.92 Å². The van der Waals surface area contributed by atoms with E-state index in [0.29, 0.717) is 6.20 Å². The van der Waals surface area contributed by atoms with Gasteiger partial charge in [-0.25, -0.2) is 5.01 Å². The van der Waals surface area contributed by atoms with E-state index in [1.165, 1.54) is 19.3 Å². The van der Waals surface area contributed by atoms with Gasteiger partial charge in [0, 0.05) is 13.1 Å². The summed E-state index contributed by atoms with van der Waals surface area (Å²) in [4.78, 5) is 8.44. The number of nitrogens with zero attached hydrogens (tertiary/aromatic N) is 2. The van der Waals surface area contributed by atoms with Crippen LogP contribution in [0.25, 0.3) is 0 Å². The molecule has 0 bridgehead atoms. The van der Waals surface area contributed by atoms with Gasteiger partial charge in [0.2, 0.25) is 6.20 Å². The maximum atomic E-state index is 9.06. The maximum absolute atomic E-state index is 9.06. The first-order valence-electron chi connectivity index (χ1n) is 3.92. The van der Waals surface area contributed by atoms with Crippen LogP contribution in [0.15, 0.2) is 12.8 Å². The maximum Gasteiger partial charge on any atom is 0.227 e. The number of hydrogen-bond donors (Lipinski definition) is 1. The van der Waals surface area contributed by atoms with Crippen LogP contribution in [0.2, 0.25) is 0 Å². The summed E-state index contributed by atoms with van der Waals surface area (Å²) in [6, 6.07) is 0. The van der Waals surface area contributed by atoms with Crippen molar-refractivity contribution in [1.29, 1.82) is 0 Å². The van der Waals surface area contributed by atoms with E-state index in [9.17, 15) is 0 Å². The summed E-state index contributed by atoms with van der Waals surface area (Å²) >= 11 is 0. The number of piperidine rings is 1. The zero-order chi connectivity index (χ0) is 9.40. The number of hydrazine groups is 1. The SMILES string of the molecule is C=C[N+](=O)[O-].NN1CCCCC1. The molecule has 5 heteroatoms. The highest BCUT2D eigenvalue weighted by molar-refractivity contribution is 4.56. The molecule has 0 atom stereocenters. The van der Waals surface area contributed by atoms with E-state index in [1.807, 2.05) is 5.01 Å². The van der Waals surface area contributed by atoms with Crippen molar-refractivity contribution in [2.75, 3.05) is 13.1 Å². The molecule has 70 valence electrons. The second-order valence-corrected chi connectivity index (χ2v) is 2.56. The van der Waals surface area contributed by atoms with Crippen LogP contribution in [0, 0.1) is 10.1 Å². The first-order valence-corrected chi connectivity index (χ1v) is 3.92. The minimum atomic E-state index is -0.611. The van der Waals surface area contributed by atoms with Crippen molar-refractivity contribution in [2.45, 2.75) is 19.3 Å². The molecule has 0 aromatic heterocycles. The molecule has 0 radical (unpaired) electrons. The average Bonchev–Trinajstić information content (AvgIpc) is 2.07. The number of nitro groups is 1. The van der Waals surface area contributed by atoms with E-state index < -0.39 is 4.92 Å². The highest BCUT2D eigenvalue weighted by Crippen LogP contribution is 2.03. The van der Waals surface area contributed by atoms with Crippen LogP contribution in [0.4, 0.5) is 0 Å². The van der Waals surface area contributed by atoms with Crippen LogP contribution >= 0.6 is 0 Å². The molecule has 1 aliphatic rings. The van der Waals surface area contributed by atoms with Crippen LogP contribution in [0.3, 0.4) is 0 Å². The molecule has 5 nitrogen and oxygen atoms in total. The lowest BCUT2D eigenvalue weighted by molar-refractivity contribution is -0.401. The van der Waals surface area contributed by atoms with Gasteiger partial charge in [-0.1, -0.05) is 6.42 Å². The minimum Gasteiger partial charge on any atom is -0.269 e. The highest BCUT2D eigenvalue weighted by atomic mass is 16.6. The molecule has 1 rings (SSSR count). The van der Waals surface area contributed by atoms with Crippen LogP contribution in [0.1, 0.15) is 19.3 Å². The first-order chi connectivity index (χ1) is 5.66. The van der Waals surface area contributed by atoms with Crippen molar-refractivity contribution >= 4 is 0 Å². The Labute approximate surface area is 72.0 Å². The number of nitrogens with two attached hydrogens (primary N) is 1. The predicted molar refractivity (Wildman–Crippen MR) is 46.8 cm³/mol. The van der Waals surface area contributed by atoms with Crippen molar-refractivity contribution in [3.63, 3.8) is 0 Å². The Morgan fingerprint density at radius 2 is 1.83 bits per heavy atom. The average molecular weight is 173 g/mol. The Morgan fingerprint density at radius 1 is 1.42 bits per heavy atom. The minimum absolute atomic E-state index is 0.611. The van der Waals surface area contributed by atoms with Gasteiger partial charge in [-0.15, -0.1) is 0 Å². The molecule has 0 amide bonds. The van der Waals surface area contributed by atoms with Crippen molar-refractivity contribution in [3.05, 3.63) is 22.9 Å². The summed E-state index contributed by atoms with van der Waals surface area (Å²) in [5.74, 6) is 5.47. The molecule has 0 unspecified atom stereocenters. The molecule has 0 aliphatic carbocycles. The van der Waals surface area contributed by atoms with Gasteiger partial charge in [-0.2, -0.15) is 0 Å². The Hall–Kier alpha value is -0.940. The van der Waals surface area contributed by atoms with Crippen molar-refractivity contribution in [1.82, 2.24) is 5.01 Å². The zero-order valence-corrected chi connectivity index (χ0v) is 7.11. The third kappa shape index (κ3) is 7.17. The summed E-state index contributed by atoms with van der Waals surface area (Å²) in [6.07, 6.45) is 4.58. The molecule has 12 heavy (non-hydrogen) atoms. The van der Waals surface area contributed by atoms with Crippen molar-refractivity contribution in [3.8, 4) is 0 Å². The molecule has 0 saturated carbocycles. The van der Waals surface area contributed by atoms with E-state index in [2.05, 4.69) is 6.58 Å². The van der Waals surface area contributed by atoms with Gasteiger partial charge >= 0.3 is 0 Å². The molecule has 0 spiro atoms. The topological polar surface area (TPSA) is 72.4 Å². The van der Waals surface area contributed by atoms with E-state index in [-0.39, 0.29) is 0 Å². The van der Waals surface area contributed by atoms with Gasteiger partial charge in [-0.05, 0) is 19.4 Å². The molecule has 2 N–H and O–H groups in total. The van der Waals surface area contributed by atoms with Gasteiger partial charge in [0.1, 0.15) is 0 Å². The van der Waals surface area contributed by atoms with Gasteiger partial charge in [0.25, 0.3) is 0 Å². The van der Waals surface area contributed by atoms with Gasteiger partial charge in [0.15, 0.2) is 0 Å². The summed E-state index contributed by atoms with van der Waals surface area (Å²) in [5, 5.41) is 10.9. The predicted octanol–water partition coefficient (Wildman–Crippen LogP) is 0.753. The summed E-state index contributed by atoms with van der Waals surface area (Å²) < 4.78 is 0. The zero-order valence-electron chi connectivity index (χ0n) is 7.11. The fourth-order valence-electron chi connectivity index (χ4n) is 0.918. The molecule has 1 saturated heterocycles. The molecular weight excluding hydrogens is 158 g/mol. The summed E-state index contributed by atoms with van der Waals surface area (Å²) in [5.41, 5.74) is 0. The Balaban J connectivity index is 0.000000217. The highest BCUT2D eigenvalue weighted by Gasteiger charge is 2.02. The fraction of sp³-hybridized carbons (Fsp3) is 0.714. The largest absolute Gasteiger partial charge is 0.269 e. The van der Waals surface area contributed by atoms with Crippen LogP contribution in [0.5, 0.6) is 0 Å². The van der Waals surface area contributed by atoms with Gasteiger partial charge in [0.05, 0.1) is 4.92 Å². The van der Waals surface area contributed by atoms with Crippen molar-refractivity contribution in [2.24, 2.45) is 5.84 Å². The lowest BCUT2D eigenvalue weighted by Gasteiger charge is -2.20. The molecule has 1 aliphatic heterocycles. The number of hydrogen-bond acceptors (Lipinski definition) is 4. The molecule has 0 aromatic carbocycles. The molecule has 0 aromatic rings. The first kappa shape index (κ1) is 11.1. The third-order valence-electron chi connectivity index (χ3n) is 1.54. The fourth-order valence-corrected chi connectivity index (χ4v) is 0.918. The molecule has 1 fully saturated rings. The standard InChI is InChI=1S/C5H12N2.C2H3NO2/c6-7-4-2-1-3-5-7;1-2-3(4)5/h1-6H2;2H,1H2. The normalized spacial score (nSPS) is 17.4. The Bertz CT molecular complexity index is 144. The Kier molecular flexibility index (Phi) is 6.22. The van der Waals surface area contributed by atoms with Crippen LogP contribution < -0.4 is 5.84 Å². The molecule has 1 heterocycles. The lowest BCUT2D eigenvalue weighted by atomic mass is 10.2. The second-order valence-electron chi connectivity index (χ2n) is 2.56. The quantitative estimate of drug-likeness (QED) is 0.361. The summed E-state index contributed by atoms with van der Waals surface area (Å²) in [7, 11) is 0. The monoisotopic (exact) mass is 173 g/mol.